The quantitative estimate of drug-likeness (QED) is 0.639. The number of nitrogens with one attached hydrogen (secondary N) is 2. The number of fused-ring (bicyclic) bond motifs is 3. The third kappa shape index (κ3) is 4.20. The molecule has 2 aromatic rings. The molecule has 0 heterocycles. The predicted molar refractivity (Wildman–Crippen MR) is 119 cm³/mol. The van der Waals surface area contributed by atoms with Crippen molar-refractivity contribution < 1.29 is 24.2 Å². The molecule has 2 amide bonds. The van der Waals surface area contributed by atoms with E-state index in [1.165, 1.54) is 6.92 Å². The van der Waals surface area contributed by atoms with Crippen LogP contribution in [0.5, 0.6) is 0 Å². The minimum Gasteiger partial charge on any atom is -0.480 e. The van der Waals surface area contributed by atoms with E-state index >= 15 is 0 Å². The Kier molecular flexibility index (Phi) is 6.17. The molecule has 7 nitrogen and oxygen atoms in total. The first-order valence-electron chi connectivity index (χ1n) is 11.1. The molecule has 0 radical (unpaired) electrons. The van der Waals surface area contributed by atoms with Crippen molar-refractivity contribution in [3.05, 3.63) is 59.7 Å². The van der Waals surface area contributed by atoms with Crippen LogP contribution in [0.4, 0.5) is 4.79 Å². The van der Waals surface area contributed by atoms with Gasteiger partial charge in [0.15, 0.2) is 0 Å². The van der Waals surface area contributed by atoms with E-state index in [1.54, 1.807) is 0 Å². The van der Waals surface area contributed by atoms with Crippen molar-refractivity contribution in [2.75, 3.05) is 6.61 Å². The summed E-state index contributed by atoms with van der Waals surface area (Å²) in [6, 6.07) is 15.1. The molecular formula is C25H28N2O5. The van der Waals surface area contributed by atoms with Gasteiger partial charge in [-0.25, -0.2) is 4.79 Å². The molecule has 0 unspecified atom stereocenters. The van der Waals surface area contributed by atoms with Crippen molar-refractivity contribution in [3.63, 3.8) is 0 Å². The highest BCUT2D eigenvalue weighted by molar-refractivity contribution is 5.92. The van der Waals surface area contributed by atoms with Gasteiger partial charge in [-0.05, 0) is 42.0 Å². The third-order valence-electron chi connectivity index (χ3n) is 6.54. The number of benzene rings is 2. The normalized spacial score (nSPS) is 17.5. The minimum atomic E-state index is -1.15. The highest BCUT2D eigenvalue weighted by Crippen LogP contribution is 2.44. The van der Waals surface area contributed by atoms with Gasteiger partial charge in [-0.15, -0.1) is 0 Å². The Labute approximate surface area is 187 Å². The average Bonchev–Trinajstić information content (AvgIpc) is 3.12. The highest BCUT2D eigenvalue weighted by Gasteiger charge is 2.42. The Morgan fingerprint density at radius 2 is 1.56 bits per heavy atom. The zero-order valence-electron chi connectivity index (χ0n) is 18.1. The molecule has 2 aromatic carbocycles. The molecule has 32 heavy (non-hydrogen) atoms. The van der Waals surface area contributed by atoms with E-state index in [0.29, 0.717) is 12.8 Å². The van der Waals surface area contributed by atoms with Crippen molar-refractivity contribution in [1.29, 1.82) is 0 Å². The van der Waals surface area contributed by atoms with Gasteiger partial charge in [-0.1, -0.05) is 67.8 Å². The lowest BCUT2D eigenvalue weighted by Crippen LogP contribution is -2.61. The molecule has 1 atom stereocenters. The second-order valence-electron chi connectivity index (χ2n) is 8.63. The van der Waals surface area contributed by atoms with Gasteiger partial charge in [0, 0.05) is 5.92 Å². The summed E-state index contributed by atoms with van der Waals surface area (Å²) in [5.41, 5.74) is 3.36. The van der Waals surface area contributed by atoms with Crippen LogP contribution in [0, 0.1) is 0 Å². The Morgan fingerprint density at radius 3 is 2.12 bits per heavy atom. The van der Waals surface area contributed by atoms with Gasteiger partial charge in [-0.2, -0.15) is 0 Å². The molecule has 0 aromatic heterocycles. The van der Waals surface area contributed by atoms with Crippen molar-refractivity contribution in [1.82, 2.24) is 10.6 Å². The molecule has 3 N–H and O–H groups in total. The van der Waals surface area contributed by atoms with Gasteiger partial charge in [-0.3, -0.25) is 9.59 Å². The number of hydrogen-bond acceptors (Lipinski definition) is 4. The van der Waals surface area contributed by atoms with E-state index in [4.69, 9.17) is 9.84 Å². The van der Waals surface area contributed by atoms with Gasteiger partial charge >= 0.3 is 12.1 Å². The van der Waals surface area contributed by atoms with Gasteiger partial charge < -0.3 is 20.5 Å². The summed E-state index contributed by atoms with van der Waals surface area (Å²) < 4.78 is 5.62. The number of carboxylic acid groups (broad SMARTS) is 1. The molecular weight excluding hydrogens is 408 g/mol. The molecule has 1 saturated carbocycles. The van der Waals surface area contributed by atoms with Gasteiger partial charge in [0.1, 0.15) is 18.2 Å². The Hall–Kier alpha value is -3.35. The van der Waals surface area contributed by atoms with E-state index in [1.807, 2.05) is 36.4 Å². The monoisotopic (exact) mass is 436 g/mol. The summed E-state index contributed by atoms with van der Waals surface area (Å²) >= 11 is 0. The molecule has 1 fully saturated rings. The number of hydrogen-bond donors (Lipinski definition) is 3. The Balaban J connectivity index is 1.46. The van der Waals surface area contributed by atoms with Crippen molar-refractivity contribution in [2.45, 2.75) is 56.5 Å². The number of amides is 2. The Morgan fingerprint density at radius 1 is 1.00 bits per heavy atom. The lowest BCUT2D eigenvalue weighted by Gasteiger charge is -2.36. The standard InChI is InChI=1S/C25H28N2O5/c1-16(22(28)29)26-23(30)25(13-7-2-8-14-25)27-24(31)32-15-21-19-11-5-3-9-17(19)18-10-4-6-12-20(18)21/h3-6,9-12,16,21H,2,7-8,13-15H2,1H3,(H,26,30)(H,27,31)(H,28,29)/t16-/m1/s1. The van der Waals surface area contributed by atoms with Crippen LogP contribution >= 0.6 is 0 Å². The number of alkyl carbamates (subject to hydrolysis) is 1. The number of rotatable bonds is 6. The number of aliphatic carboxylic acids is 1. The smallest absolute Gasteiger partial charge is 0.408 e. The number of carboxylic acids is 1. The second kappa shape index (κ2) is 9.02. The lowest BCUT2D eigenvalue weighted by molar-refractivity contribution is -0.142. The van der Waals surface area contributed by atoms with Crippen LogP contribution in [0.15, 0.2) is 48.5 Å². The molecule has 7 heteroatoms. The van der Waals surface area contributed by atoms with Crippen LogP contribution in [0.2, 0.25) is 0 Å². The first-order chi connectivity index (χ1) is 15.4. The zero-order valence-corrected chi connectivity index (χ0v) is 18.1. The van der Waals surface area contributed by atoms with Crippen LogP contribution in [0.25, 0.3) is 11.1 Å². The fourth-order valence-electron chi connectivity index (χ4n) is 4.79. The van der Waals surface area contributed by atoms with Crippen molar-refractivity contribution >= 4 is 18.0 Å². The maximum absolute atomic E-state index is 12.9. The maximum atomic E-state index is 12.9. The van der Waals surface area contributed by atoms with E-state index in [0.717, 1.165) is 41.5 Å². The topological polar surface area (TPSA) is 105 Å². The summed E-state index contributed by atoms with van der Waals surface area (Å²) in [6.07, 6.45) is 2.77. The summed E-state index contributed by atoms with van der Waals surface area (Å²) in [6.45, 7) is 1.56. The molecule has 2 aliphatic rings. The van der Waals surface area contributed by atoms with Crippen LogP contribution < -0.4 is 10.6 Å². The fraction of sp³-hybridized carbons (Fsp3) is 0.400. The fourth-order valence-corrected chi connectivity index (χ4v) is 4.79. The van der Waals surface area contributed by atoms with Crippen molar-refractivity contribution in [3.8, 4) is 11.1 Å². The van der Waals surface area contributed by atoms with E-state index < -0.39 is 29.6 Å². The number of carbonyl (C=O) groups excluding carboxylic acids is 2. The summed E-state index contributed by atoms with van der Waals surface area (Å²) in [7, 11) is 0. The van der Waals surface area contributed by atoms with E-state index in [-0.39, 0.29) is 12.5 Å². The van der Waals surface area contributed by atoms with Crippen LogP contribution in [0.1, 0.15) is 56.1 Å². The largest absolute Gasteiger partial charge is 0.480 e. The first-order valence-corrected chi connectivity index (χ1v) is 11.1. The Bertz CT molecular complexity index is 983. The van der Waals surface area contributed by atoms with Crippen LogP contribution in [-0.2, 0) is 14.3 Å². The molecule has 0 aliphatic heterocycles. The molecule has 4 rings (SSSR count). The number of carbonyl (C=O) groups is 3. The molecule has 2 aliphatic carbocycles. The maximum Gasteiger partial charge on any atom is 0.408 e. The minimum absolute atomic E-state index is 0.0729. The highest BCUT2D eigenvalue weighted by atomic mass is 16.5. The molecule has 168 valence electrons. The lowest BCUT2D eigenvalue weighted by atomic mass is 9.81. The molecule has 0 spiro atoms. The van der Waals surface area contributed by atoms with Gasteiger partial charge in [0.2, 0.25) is 5.91 Å². The zero-order chi connectivity index (χ0) is 22.7. The molecule has 0 bridgehead atoms. The summed E-state index contributed by atoms with van der Waals surface area (Å²) in [5.74, 6) is -1.66. The summed E-state index contributed by atoms with van der Waals surface area (Å²) in [5, 5.41) is 14.4. The second-order valence-corrected chi connectivity index (χ2v) is 8.63. The first kappa shape index (κ1) is 21.9. The summed E-state index contributed by atoms with van der Waals surface area (Å²) in [4.78, 5) is 36.9. The number of ether oxygens (including phenoxy) is 1. The third-order valence-corrected chi connectivity index (χ3v) is 6.54. The predicted octanol–water partition coefficient (Wildman–Crippen LogP) is 3.82. The average molecular weight is 437 g/mol. The SMILES string of the molecule is C[C@@H](NC(=O)C1(NC(=O)OCC2c3ccccc3-c3ccccc32)CCCCC1)C(=O)O. The van der Waals surface area contributed by atoms with Crippen molar-refractivity contribution in [2.24, 2.45) is 0 Å². The molecule has 0 saturated heterocycles. The van der Waals surface area contributed by atoms with Gasteiger partial charge in [0.05, 0.1) is 0 Å². The van der Waals surface area contributed by atoms with Crippen LogP contribution in [-0.4, -0.2) is 41.3 Å². The van der Waals surface area contributed by atoms with E-state index in [2.05, 4.69) is 22.8 Å². The van der Waals surface area contributed by atoms with Crippen LogP contribution in [0.3, 0.4) is 0 Å². The van der Waals surface area contributed by atoms with E-state index in [9.17, 15) is 14.4 Å². The van der Waals surface area contributed by atoms with Gasteiger partial charge in [0.25, 0.3) is 0 Å².